The normalized spacial score (nSPS) is 13.1. The second-order valence-corrected chi connectivity index (χ2v) is 6.63. The van der Waals surface area contributed by atoms with Crippen molar-refractivity contribution in [2.45, 2.75) is 11.1 Å². The molecule has 6 nitrogen and oxygen atoms in total. The molecule has 0 fully saturated rings. The van der Waals surface area contributed by atoms with Gasteiger partial charge in [0.1, 0.15) is 5.82 Å². The van der Waals surface area contributed by atoms with Gasteiger partial charge >= 0.3 is 0 Å². The van der Waals surface area contributed by atoms with Gasteiger partial charge in [0.2, 0.25) is 5.09 Å². The molecule has 0 spiro atoms. The zero-order valence-corrected chi connectivity index (χ0v) is 13.0. The summed E-state index contributed by atoms with van der Waals surface area (Å²) in [4.78, 5) is 0. The van der Waals surface area contributed by atoms with E-state index in [0.717, 1.165) is 0 Å². The van der Waals surface area contributed by atoms with Gasteiger partial charge < -0.3 is 4.42 Å². The minimum Gasteiger partial charge on any atom is -0.452 e. The highest BCUT2D eigenvalue weighted by atomic mass is 32.2. The molecular weight excluding hydrogens is 321 g/mol. The number of hydrogen-bond donors (Lipinski definition) is 1. The lowest BCUT2D eigenvalue weighted by atomic mass is 10.0. The van der Waals surface area contributed by atoms with Gasteiger partial charge in [0, 0.05) is 18.8 Å². The quantitative estimate of drug-likeness (QED) is 0.775. The van der Waals surface area contributed by atoms with Gasteiger partial charge in [-0.05, 0) is 29.8 Å². The van der Waals surface area contributed by atoms with Gasteiger partial charge in [0.05, 0.1) is 18.5 Å². The highest BCUT2D eigenvalue weighted by Gasteiger charge is 2.25. The second kappa shape index (κ2) is 5.98. The minimum atomic E-state index is -3.86. The molecule has 8 heteroatoms. The zero-order chi connectivity index (χ0) is 16.4. The highest BCUT2D eigenvalue weighted by Crippen LogP contribution is 2.24. The van der Waals surface area contributed by atoms with Crippen molar-refractivity contribution < 1.29 is 17.2 Å². The molecule has 0 bridgehead atoms. The lowest BCUT2D eigenvalue weighted by Crippen LogP contribution is -2.29. The van der Waals surface area contributed by atoms with Crippen molar-refractivity contribution in [1.82, 2.24) is 14.5 Å². The number of furan rings is 1. The molecule has 0 saturated heterocycles. The third-order valence-electron chi connectivity index (χ3n) is 3.29. The Hall–Kier alpha value is -2.45. The molecule has 1 unspecified atom stereocenters. The van der Waals surface area contributed by atoms with Crippen LogP contribution in [0.1, 0.15) is 17.2 Å². The number of nitrogens with one attached hydrogen (secondary N) is 1. The van der Waals surface area contributed by atoms with E-state index in [4.69, 9.17) is 4.42 Å². The molecule has 120 valence electrons. The number of hydrogen-bond acceptors (Lipinski definition) is 4. The van der Waals surface area contributed by atoms with Crippen LogP contribution in [0.25, 0.3) is 0 Å². The molecule has 0 saturated carbocycles. The van der Waals surface area contributed by atoms with E-state index in [0.29, 0.717) is 11.1 Å². The van der Waals surface area contributed by atoms with Crippen molar-refractivity contribution in [2.24, 2.45) is 7.05 Å². The average molecular weight is 335 g/mol. The Morgan fingerprint density at radius 3 is 2.52 bits per heavy atom. The van der Waals surface area contributed by atoms with Crippen LogP contribution in [0.2, 0.25) is 0 Å². The Labute approximate surface area is 132 Å². The lowest BCUT2D eigenvalue weighted by Gasteiger charge is -2.17. The summed E-state index contributed by atoms with van der Waals surface area (Å²) in [6, 6.07) is 7.74. The summed E-state index contributed by atoms with van der Waals surface area (Å²) < 4.78 is 47.1. The van der Waals surface area contributed by atoms with Gasteiger partial charge in [0.15, 0.2) is 0 Å². The first-order chi connectivity index (χ1) is 11.0. The molecule has 23 heavy (non-hydrogen) atoms. The SMILES string of the molecule is Cn1cc(C(NS(=O)(=O)c2ccco2)c2ccc(F)cc2)cn1. The molecule has 1 atom stereocenters. The average Bonchev–Trinajstić information content (AvgIpc) is 3.17. The standard InChI is InChI=1S/C15H14FN3O3S/c1-19-10-12(9-17-19)15(11-4-6-13(16)7-5-11)18-23(20,21)14-3-2-8-22-14/h2-10,15,18H,1H3. The highest BCUT2D eigenvalue weighted by molar-refractivity contribution is 7.89. The van der Waals surface area contributed by atoms with Crippen LogP contribution in [0.4, 0.5) is 4.39 Å². The Balaban J connectivity index is 2.00. The first kappa shape index (κ1) is 15.4. The third kappa shape index (κ3) is 3.33. The van der Waals surface area contributed by atoms with Crippen LogP contribution in [0.3, 0.4) is 0 Å². The van der Waals surface area contributed by atoms with Crippen molar-refractivity contribution in [3.05, 3.63) is 72.0 Å². The van der Waals surface area contributed by atoms with Crippen LogP contribution in [0, 0.1) is 5.82 Å². The van der Waals surface area contributed by atoms with E-state index in [1.807, 2.05) is 0 Å². The van der Waals surface area contributed by atoms with Crippen LogP contribution < -0.4 is 4.72 Å². The molecule has 1 aromatic carbocycles. The van der Waals surface area contributed by atoms with Crippen LogP contribution in [0.15, 0.2) is 64.6 Å². The first-order valence-electron chi connectivity index (χ1n) is 6.75. The van der Waals surface area contributed by atoms with Crippen molar-refractivity contribution in [1.29, 1.82) is 0 Å². The van der Waals surface area contributed by atoms with Gasteiger partial charge in [-0.15, -0.1) is 0 Å². The fraction of sp³-hybridized carbons (Fsp3) is 0.133. The molecule has 0 aliphatic heterocycles. The summed E-state index contributed by atoms with van der Waals surface area (Å²) in [5.74, 6) is -0.396. The molecule has 0 radical (unpaired) electrons. The molecular formula is C15H14FN3O3S. The van der Waals surface area contributed by atoms with Crippen LogP contribution in [-0.2, 0) is 17.1 Å². The molecule has 3 rings (SSSR count). The molecule has 2 heterocycles. The molecule has 2 aromatic heterocycles. The van der Waals surface area contributed by atoms with E-state index < -0.39 is 21.9 Å². The zero-order valence-electron chi connectivity index (χ0n) is 12.2. The molecule has 0 aliphatic rings. The number of nitrogens with zero attached hydrogens (tertiary/aromatic N) is 2. The predicted molar refractivity (Wildman–Crippen MR) is 80.5 cm³/mol. The minimum absolute atomic E-state index is 0.187. The summed E-state index contributed by atoms with van der Waals surface area (Å²) >= 11 is 0. The molecule has 3 aromatic rings. The number of aryl methyl sites for hydroxylation is 1. The maximum Gasteiger partial charge on any atom is 0.274 e. The summed E-state index contributed by atoms with van der Waals surface area (Å²) in [6.45, 7) is 0. The van der Waals surface area contributed by atoms with Crippen molar-refractivity contribution in [3.8, 4) is 0 Å². The summed E-state index contributed by atoms with van der Waals surface area (Å²) in [5.41, 5.74) is 1.23. The van der Waals surface area contributed by atoms with E-state index in [2.05, 4.69) is 9.82 Å². The van der Waals surface area contributed by atoms with E-state index in [9.17, 15) is 12.8 Å². The predicted octanol–water partition coefficient (Wildman–Crippen LogP) is 2.22. The monoisotopic (exact) mass is 335 g/mol. The van der Waals surface area contributed by atoms with Crippen LogP contribution in [-0.4, -0.2) is 18.2 Å². The van der Waals surface area contributed by atoms with Crippen LogP contribution in [0.5, 0.6) is 0 Å². The summed E-state index contributed by atoms with van der Waals surface area (Å²) in [6.07, 6.45) is 4.53. The van der Waals surface area contributed by atoms with E-state index in [-0.39, 0.29) is 5.09 Å². The summed E-state index contributed by atoms with van der Waals surface area (Å²) in [7, 11) is -2.13. The second-order valence-electron chi connectivity index (χ2n) is 4.99. The number of rotatable bonds is 5. The van der Waals surface area contributed by atoms with E-state index in [1.54, 1.807) is 24.1 Å². The van der Waals surface area contributed by atoms with Gasteiger partial charge in [-0.3, -0.25) is 4.68 Å². The largest absolute Gasteiger partial charge is 0.452 e. The maximum absolute atomic E-state index is 13.1. The topological polar surface area (TPSA) is 77.1 Å². The lowest BCUT2D eigenvalue weighted by molar-refractivity contribution is 0.443. The molecule has 1 N–H and O–H groups in total. The Morgan fingerprint density at radius 1 is 1.22 bits per heavy atom. The number of aromatic nitrogens is 2. The van der Waals surface area contributed by atoms with Crippen molar-refractivity contribution >= 4 is 10.0 Å². The molecule has 0 amide bonds. The Morgan fingerprint density at radius 2 is 1.96 bits per heavy atom. The number of sulfonamides is 1. The fourth-order valence-electron chi connectivity index (χ4n) is 2.20. The van der Waals surface area contributed by atoms with Gasteiger partial charge in [-0.2, -0.15) is 9.82 Å². The smallest absolute Gasteiger partial charge is 0.274 e. The maximum atomic E-state index is 13.1. The fourth-order valence-corrected chi connectivity index (χ4v) is 3.34. The van der Waals surface area contributed by atoms with Gasteiger partial charge in [0.25, 0.3) is 10.0 Å². The van der Waals surface area contributed by atoms with E-state index in [1.165, 1.54) is 42.7 Å². The summed E-state index contributed by atoms with van der Waals surface area (Å²) in [5, 5.41) is 3.87. The Kier molecular flexibility index (Phi) is 4.01. The van der Waals surface area contributed by atoms with Crippen LogP contribution >= 0.6 is 0 Å². The molecule has 0 aliphatic carbocycles. The van der Waals surface area contributed by atoms with E-state index >= 15 is 0 Å². The Bertz CT molecular complexity index is 886. The number of benzene rings is 1. The number of halogens is 1. The first-order valence-corrected chi connectivity index (χ1v) is 8.24. The van der Waals surface area contributed by atoms with Gasteiger partial charge in [-0.1, -0.05) is 12.1 Å². The van der Waals surface area contributed by atoms with Gasteiger partial charge in [-0.25, -0.2) is 12.8 Å². The van der Waals surface area contributed by atoms with Crippen molar-refractivity contribution in [2.75, 3.05) is 0 Å². The third-order valence-corrected chi connectivity index (χ3v) is 4.60. The van der Waals surface area contributed by atoms with Crippen molar-refractivity contribution in [3.63, 3.8) is 0 Å².